The predicted molar refractivity (Wildman–Crippen MR) is 136 cm³/mol. The van der Waals surface area contributed by atoms with Gasteiger partial charge in [-0.3, -0.25) is 9.59 Å². The lowest BCUT2D eigenvalue weighted by Crippen LogP contribution is -2.24. The van der Waals surface area contributed by atoms with Crippen molar-refractivity contribution in [3.05, 3.63) is 103 Å². The Hall–Kier alpha value is -4.58. The number of hydrogen-bond donors (Lipinski definition) is 2. The van der Waals surface area contributed by atoms with E-state index in [4.69, 9.17) is 0 Å². The summed E-state index contributed by atoms with van der Waals surface area (Å²) in [6.45, 7) is 0. The number of carbonyl (C=O) groups excluding carboxylic acids is 2. The van der Waals surface area contributed by atoms with Gasteiger partial charge in [-0.05, 0) is 54.1 Å². The van der Waals surface area contributed by atoms with Gasteiger partial charge in [0.2, 0.25) is 0 Å². The summed E-state index contributed by atoms with van der Waals surface area (Å²) in [5.74, 6) is -1.28. The number of pyridine rings is 1. The Labute approximate surface area is 197 Å². The van der Waals surface area contributed by atoms with E-state index >= 15 is 0 Å². The second kappa shape index (κ2) is 8.75. The van der Waals surface area contributed by atoms with Crippen molar-refractivity contribution in [2.45, 2.75) is 0 Å². The average molecular weight is 449 g/mol. The molecule has 0 bridgehead atoms. The molecule has 0 aliphatic rings. The average Bonchev–Trinajstić information content (AvgIpc) is 3.52. The first-order valence-electron chi connectivity index (χ1n) is 11.0. The molecule has 0 fully saturated rings. The van der Waals surface area contributed by atoms with E-state index in [0.717, 1.165) is 33.6 Å². The van der Waals surface area contributed by atoms with Crippen LogP contribution in [0.25, 0.3) is 27.9 Å². The van der Waals surface area contributed by atoms with E-state index in [1.165, 1.54) is 0 Å². The summed E-state index contributed by atoms with van der Waals surface area (Å²) in [4.78, 5) is 31.8. The van der Waals surface area contributed by atoms with Crippen molar-refractivity contribution >= 4 is 28.6 Å². The third-order valence-corrected chi connectivity index (χ3v) is 5.81. The van der Waals surface area contributed by atoms with Gasteiger partial charge in [-0.2, -0.15) is 0 Å². The highest BCUT2D eigenvalue weighted by Crippen LogP contribution is 2.32. The molecule has 34 heavy (non-hydrogen) atoms. The molecule has 2 aromatic carbocycles. The van der Waals surface area contributed by atoms with Crippen molar-refractivity contribution in [3.63, 3.8) is 0 Å². The van der Waals surface area contributed by atoms with Crippen LogP contribution in [0.5, 0.6) is 0 Å². The minimum atomic E-state index is -0.684. The van der Waals surface area contributed by atoms with Gasteiger partial charge in [-0.25, -0.2) is 0 Å². The molecule has 0 saturated heterocycles. The predicted octanol–water partition coefficient (Wildman–Crippen LogP) is 5.49. The van der Waals surface area contributed by atoms with Gasteiger partial charge < -0.3 is 19.6 Å². The van der Waals surface area contributed by atoms with Crippen molar-refractivity contribution in [2.75, 3.05) is 24.3 Å². The number of Topliss-reactive ketones (excluding diaryl/α,β-unsaturated/α-hetero) is 1. The number of carbonyl (C=O) groups is 2. The van der Waals surface area contributed by atoms with E-state index in [1.54, 1.807) is 16.7 Å². The van der Waals surface area contributed by atoms with Crippen molar-refractivity contribution < 1.29 is 9.59 Å². The van der Waals surface area contributed by atoms with Gasteiger partial charge in [0.1, 0.15) is 5.69 Å². The molecular formula is C28H24N4O2. The summed E-state index contributed by atoms with van der Waals surface area (Å²) in [6.07, 6.45) is 3.66. The summed E-state index contributed by atoms with van der Waals surface area (Å²) in [7, 11) is 3.93. The lowest BCUT2D eigenvalue weighted by Gasteiger charge is -2.18. The molecule has 168 valence electrons. The molecule has 0 unspecified atom stereocenters. The van der Waals surface area contributed by atoms with Crippen LogP contribution in [0.3, 0.4) is 0 Å². The SMILES string of the molecule is CN(C)c1ccc(NC(=O)C(=O)c2c(-c3ccccc3)cc3ccccn23)cc1-c1ccc[nH]1. The molecule has 0 aliphatic heterocycles. The quantitative estimate of drug-likeness (QED) is 0.267. The monoisotopic (exact) mass is 448 g/mol. The van der Waals surface area contributed by atoms with Gasteiger partial charge in [0, 0.05) is 60.2 Å². The summed E-state index contributed by atoms with van der Waals surface area (Å²) in [5, 5.41) is 2.81. The van der Waals surface area contributed by atoms with Gasteiger partial charge in [-0.15, -0.1) is 0 Å². The number of benzene rings is 2. The Balaban J connectivity index is 1.52. The van der Waals surface area contributed by atoms with E-state index in [0.29, 0.717) is 11.4 Å². The maximum atomic E-state index is 13.5. The Morgan fingerprint density at radius 1 is 0.853 bits per heavy atom. The minimum Gasteiger partial charge on any atom is -0.377 e. The topological polar surface area (TPSA) is 69.6 Å². The first-order chi connectivity index (χ1) is 16.5. The maximum absolute atomic E-state index is 13.5. The fourth-order valence-corrected chi connectivity index (χ4v) is 4.21. The van der Waals surface area contributed by atoms with Gasteiger partial charge in [0.25, 0.3) is 11.7 Å². The minimum absolute atomic E-state index is 0.341. The third kappa shape index (κ3) is 3.86. The normalized spacial score (nSPS) is 10.9. The maximum Gasteiger partial charge on any atom is 0.298 e. The molecule has 0 atom stereocenters. The van der Waals surface area contributed by atoms with Crippen molar-refractivity contribution in [1.82, 2.24) is 9.38 Å². The molecule has 6 nitrogen and oxygen atoms in total. The fourth-order valence-electron chi connectivity index (χ4n) is 4.21. The van der Waals surface area contributed by atoms with Gasteiger partial charge >= 0.3 is 0 Å². The molecule has 5 aromatic rings. The molecule has 0 radical (unpaired) electrons. The molecule has 0 spiro atoms. The van der Waals surface area contributed by atoms with E-state index < -0.39 is 11.7 Å². The zero-order valence-corrected chi connectivity index (χ0v) is 18.9. The zero-order chi connectivity index (χ0) is 23.7. The van der Waals surface area contributed by atoms with Crippen LogP contribution in [0.1, 0.15) is 10.5 Å². The van der Waals surface area contributed by atoms with Crippen LogP contribution in [-0.4, -0.2) is 35.2 Å². The second-order valence-electron chi connectivity index (χ2n) is 8.26. The number of nitrogens with one attached hydrogen (secondary N) is 2. The first kappa shape index (κ1) is 21.3. The van der Waals surface area contributed by atoms with Crippen LogP contribution in [0.15, 0.2) is 97.3 Å². The highest BCUT2D eigenvalue weighted by atomic mass is 16.2. The molecule has 1 amide bonds. The number of H-pyrrole nitrogens is 1. The summed E-state index contributed by atoms with van der Waals surface area (Å²) in [6, 6.07) is 26.7. The number of hydrogen-bond acceptors (Lipinski definition) is 3. The highest BCUT2D eigenvalue weighted by Gasteiger charge is 2.25. The molecule has 3 heterocycles. The summed E-state index contributed by atoms with van der Waals surface area (Å²) in [5.41, 5.74) is 6.20. The molecular weight excluding hydrogens is 424 g/mol. The second-order valence-corrected chi connectivity index (χ2v) is 8.26. The van der Waals surface area contributed by atoms with Crippen LogP contribution < -0.4 is 10.2 Å². The van der Waals surface area contributed by atoms with E-state index in [1.807, 2.05) is 104 Å². The van der Waals surface area contributed by atoms with Gasteiger partial charge in [-0.1, -0.05) is 36.4 Å². The fraction of sp³-hybridized carbons (Fsp3) is 0.0714. The molecule has 0 aliphatic carbocycles. The lowest BCUT2D eigenvalue weighted by molar-refractivity contribution is -0.112. The first-order valence-corrected chi connectivity index (χ1v) is 11.0. The van der Waals surface area contributed by atoms with Crippen molar-refractivity contribution in [3.8, 4) is 22.4 Å². The number of fused-ring (bicyclic) bond motifs is 1. The molecule has 6 heteroatoms. The van der Waals surface area contributed by atoms with Crippen molar-refractivity contribution in [1.29, 1.82) is 0 Å². The third-order valence-electron chi connectivity index (χ3n) is 5.81. The van der Waals surface area contributed by atoms with Gasteiger partial charge in [0.15, 0.2) is 0 Å². The van der Waals surface area contributed by atoms with Crippen LogP contribution in [0.2, 0.25) is 0 Å². The Morgan fingerprint density at radius 3 is 2.38 bits per heavy atom. The standard InChI is InChI=1S/C28H24N4O2/c1-31(2)25-14-13-20(17-23(25)24-12-8-15-29-24)30-28(34)27(33)26-22(19-9-4-3-5-10-19)18-21-11-6-7-16-32(21)26/h3-18,29H,1-2H3,(H,30,34). The number of nitrogens with zero attached hydrogens (tertiary/aromatic N) is 2. The van der Waals surface area contributed by atoms with Crippen LogP contribution in [-0.2, 0) is 4.79 Å². The molecule has 3 aromatic heterocycles. The van der Waals surface area contributed by atoms with E-state index in [2.05, 4.69) is 10.3 Å². The Bertz CT molecular complexity index is 1480. The summed E-state index contributed by atoms with van der Waals surface area (Å²) >= 11 is 0. The zero-order valence-electron chi connectivity index (χ0n) is 18.9. The number of aromatic amines is 1. The summed E-state index contributed by atoms with van der Waals surface area (Å²) < 4.78 is 1.77. The Kier molecular flexibility index (Phi) is 5.47. The number of ketones is 1. The largest absolute Gasteiger partial charge is 0.377 e. The highest BCUT2D eigenvalue weighted by molar-refractivity contribution is 6.47. The van der Waals surface area contributed by atoms with E-state index in [9.17, 15) is 9.59 Å². The van der Waals surface area contributed by atoms with Crippen LogP contribution in [0.4, 0.5) is 11.4 Å². The number of amides is 1. The molecule has 5 rings (SSSR count). The molecule has 0 saturated carbocycles. The van der Waals surface area contributed by atoms with E-state index in [-0.39, 0.29) is 0 Å². The van der Waals surface area contributed by atoms with Crippen LogP contribution in [0, 0.1) is 0 Å². The van der Waals surface area contributed by atoms with Crippen molar-refractivity contribution in [2.24, 2.45) is 0 Å². The number of aromatic nitrogens is 2. The lowest BCUT2D eigenvalue weighted by atomic mass is 10.0. The van der Waals surface area contributed by atoms with Gasteiger partial charge in [0.05, 0.1) is 0 Å². The van der Waals surface area contributed by atoms with Crippen LogP contribution >= 0.6 is 0 Å². The number of rotatable bonds is 6. The Morgan fingerprint density at radius 2 is 1.65 bits per heavy atom. The number of anilines is 2. The smallest absolute Gasteiger partial charge is 0.298 e. The molecule has 2 N–H and O–H groups in total.